The van der Waals surface area contributed by atoms with Gasteiger partial charge < -0.3 is 9.80 Å². The standard InChI is InChI=1S/C18H24Cl2N4O/c1-22(2)7-4-8-24(13-14-5-6-16(19)17(20)9-14)18(25)10-15-11-21-23(3)12-15/h5-6,9,11-12H,4,7-8,10,13H2,1-3H3. The van der Waals surface area contributed by atoms with Gasteiger partial charge >= 0.3 is 0 Å². The van der Waals surface area contributed by atoms with Crippen molar-refractivity contribution < 1.29 is 4.79 Å². The zero-order valence-electron chi connectivity index (χ0n) is 14.9. The van der Waals surface area contributed by atoms with Crippen LogP contribution in [0.25, 0.3) is 0 Å². The van der Waals surface area contributed by atoms with Gasteiger partial charge in [-0.1, -0.05) is 29.3 Å². The summed E-state index contributed by atoms with van der Waals surface area (Å²) < 4.78 is 1.71. The lowest BCUT2D eigenvalue weighted by Crippen LogP contribution is -2.34. The van der Waals surface area contributed by atoms with Gasteiger partial charge in [0.1, 0.15) is 0 Å². The highest BCUT2D eigenvalue weighted by Gasteiger charge is 2.16. The predicted molar refractivity (Wildman–Crippen MR) is 102 cm³/mol. The smallest absolute Gasteiger partial charge is 0.227 e. The molecule has 0 bridgehead atoms. The molecule has 136 valence electrons. The SMILES string of the molecule is CN(C)CCCN(Cc1ccc(Cl)c(Cl)c1)C(=O)Cc1cnn(C)c1. The molecular formula is C18H24Cl2N4O. The summed E-state index contributed by atoms with van der Waals surface area (Å²) >= 11 is 12.1. The van der Waals surface area contributed by atoms with Crippen LogP contribution in [0.2, 0.25) is 10.0 Å². The van der Waals surface area contributed by atoms with E-state index in [9.17, 15) is 4.79 Å². The van der Waals surface area contributed by atoms with Crippen molar-refractivity contribution in [2.24, 2.45) is 7.05 Å². The minimum absolute atomic E-state index is 0.0813. The normalized spacial score (nSPS) is 11.1. The lowest BCUT2D eigenvalue weighted by Gasteiger charge is -2.24. The Balaban J connectivity index is 2.07. The van der Waals surface area contributed by atoms with Gasteiger partial charge in [-0.25, -0.2) is 0 Å². The Morgan fingerprint density at radius 3 is 2.52 bits per heavy atom. The van der Waals surface area contributed by atoms with Gasteiger partial charge in [0.05, 0.1) is 22.7 Å². The van der Waals surface area contributed by atoms with Crippen molar-refractivity contribution in [1.82, 2.24) is 19.6 Å². The monoisotopic (exact) mass is 382 g/mol. The van der Waals surface area contributed by atoms with E-state index in [0.29, 0.717) is 29.6 Å². The van der Waals surface area contributed by atoms with Crippen molar-refractivity contribution in [1.29, 1.82) is 0 Å². The number of rotatable bonds is 8. The first-order chi connectivity index (χ1) is 11.8. The Hall–Kier alpha value is -1.56. The first kappa shape index (κ1) is 19.8. The molecule has 0 N–H and O–H groups in total. The Morgan fingerprint density at radius 2 is 1.92 bits per heavy atom. The maximum atomic E-state index is 12.8. The van der Waals surface area contributed by atoms with Crippen molar-refractivity contribution >= 4 is 29.1 Å². The van der Waals surface area contributed by atoms with Crippen LogP contribution in [0.3, 0.4) is 0 Å². The zero-order valence-corrected chi connectivity index (χ0v) is 16.4. The summed E-state index contributed by atoms with van der Waals surface area (Å²) in [4.78, 5) is 16.8. The van der Waals surface area contributed by atoms with Gasteiger partial charge in [-0.15, -0.1) is 0 Å². The molecule has 0 aliphatic heterocycles. The average Bonchev–Trinajstić information content (AvgIpc) is 2.94. The largest absolute Gasteiger partial charge is 0.338 e. The molecule has 0 fully saturated rings. The van der Waals surface area contributed by atoms with Crippen LogP contribution >= 0.6 is 23.2 Å². The molecule has 0 unspecified atom stereocenters. The summed E-state index contributed by atoms with van der Waals surface area (Å²) in [5, 5.41) is 5.15. The second kappa shape index (κ2) is 9.22. The molecule has 2 aromatic rings. The van der Waals surface area contributed by atoms with Gasteiger partial charge in [-0.05, 0) is 50.3 Å². The fraction of sp³-hybridized carbons (Fsp3) is 0.444. The molecule has 1 amide bonds. The van der Waals surface area contributed by atoms with E-state index in [1.165, 1.54) is 0 Å². The molecule has 2 rings (SSSR count). The summed E-state index contributed by atoms with van der Waals surface area (Å²) in [5.74, 6) is 0.0813. The fourth-order valence-electron chi connectivity index (χ4n) is 2.58. The summed E-state index contributed by atoms with van der Waals surface area (Å²) in [6, 6.07) is 5.49. The number of hydrogen-bond acceptors (Lipinski definition) is 3. The van der Waals surface area contributed by atoms with Crippen LogP contribution in [0.15, 0.2) is 30.6 Å². The van der Waals surface area contributed by atoms with Crippen molar-refractivity contribution in [3.63, 3.8) is 0 Å². The molecule has 0 spiro atoms. The van der Waals surface area contributed by atoms with E-state index in [4.69, 9.17) is 23.2 Å². The van der Waals surface area contributed by atoms with Gasteiger partial charge in [-0.2, -0.15) is 5.10 Å². The van der Waals surface area contributed by atoms with Crippen LogP contribution in [0, 0.1) is 0 Å². The predicted octanol–water partition coefficient (Wildman–Crippen LogP) is 3.25. The lowest BCUT2D eigenvalue weighted by atomic mass is 10.1. The number of hydrogen-bond donors (Lipinski definition) is 0. The molecule has 0 saturated heterocycles. The number of nitrogens with zero attached hydrogens (tertiary/aromatic N) is 4. The zero-order chi connectivity index (χ0) is 18.4. The molecule has 0 saturated carbocycles. The lowest BCUT2D eigenvalue weighted by molar-refractivity contribution is -0.131. The second-order valence-corrected chi connectivity index (χ2v) is 7.23. The minimum Gasteiger partial charge on any atom is -0.338 e. The van der Waals surface area contributed by atoms with E-state index in [1.807, 2.05) is 44.4 Å². The number of aryl methyl sites for hydroxylation is 1. The molecule has 0 aliphatic carbocycles. The highest BCUT2D eigenvalue weighted by atomic mass is 35.5. The maximum Gasteiger partial charge on any atom is 0.227 e. The number of benzene rings is 1. The van der Waals surface area contributed by atoms with Crippen molar-refractivity contribution in [3.05, 3.63) is 51.8 Å². The van der Waals surface area contributed by atoms with Crippen LogP contribution in [-0.2, 0) is 24.8 Å². The summed E-state index contributed by atoms with van der Waals surface area (Å²) in [5.41, 5.74) is 1.89. The highest BCUT2D eigenvalue weighted by molar-refractivity contribution is 6.42. The number of aromatic nitrogens is 2. The molecule has 1 heterocycles. The molecule has 25 heavy (non-hydrogen) atoms. The second-order valence-electron chi connectivity index (χ2n) is 6.42. The quantitative estimate of drug-likeness (QED) is 0.703. The van der Waals surface area contributed by atoms with Crippen molar-refractivity contribution in [2.75, 3.05) is 27.2 Å². The molecule has 1 aromatic heterocycles. The number of carbonyl (C=O) groups is 1. The van der Waals surface area contributed by atoms with Gasteiger partial charge in [-0.3, -0.25) is 9.48 Å². The topological polar surface area (TPSA) is 41.4 Å². The molecule has 1 aromatic carbocycles. The van der Waals surface area contributed by atoms with E-state index in [-0.39, 0.29) is 5.91 Å². The van der Waals surface area contributed by atoms with Crippen LogP contribution in [0.1, 0.15) is 17.5 Å². The van der Waals surface area contributed by atoms with Gasteiger partial charge in [0, 0.05) is 26.3 Å². The Labute approximate surface area is 159 Å². The first-order valence-electron chi connectivity index (χ1n) is 8.19. The van der Waals surface area contributed by atoms with Gasteiger partial charge in [0.15, 0.2) is 0 Å². The fourth-order valence-corrected chi connectivity index (χ4v) is 2.90. The molecular weight excluding hydrogens is 359 g/mol. The number of halogens is 2. The number of carbonyl (C=O) groups excluding carboxylic acids is 1. The van der Waals surface area contributed by atoms with E-state index in [1.54, 1.807) is 16.9 Å². The minimum atomic E-state index is 0.0813. The highest BCUT2D eigenvalue weighted by Crippen LogP contribution is 2.23. The molecule has 0 radical (unpaired) electrons. The van der Waals surface area contributed by atoms with Crippen LogP contribution < -0.4 is 0 Å². The first-order valence-corrected chi connectivity index (χ1v) is 8.94. The Bertz CT molecular complexity index is 715. The third-order valence-electron chi connectivity index (χ3n) is 3.86. The molecule has 5 nitrogen and oxygen atoms in total. The molecule has 0 atom stereocenters. The van der Waals surface area contributed by atoms with E-state index in [0.717, 1.165) is 24.1 Å². The Kier molecular flexibility index (Phi) is 7.29. The summed E-state index contributed by atoms with van der Waals surface area (Å²) in [6.45, 7) is 2.14. The maximum absolute atomic E-state index is 12.8. The van der Waals surface area contributed by atoms with E-state index < -0.39 is 0 Å². The molecule has 7 heteroatoms. The van der Waals surface area contributed by atoms with Crippen molar-refractivity contribution in [2.45, 2.75) is 19.4 Å². The number of amides is 1. The van der Waals surface area contributed by atoms with Gasteiger partial charge in [0.25, 0.3) is 0 Å². The van der Waals surface area contributed by atoms with Crippen LogP contribution in [-0.4, -0.2) is 52.7 Å². The van der Waals surface area contributed by atoms with Gasteiger partial charge in [0.2, 0.25) is 5.91 Å². The molecule has 0 aliphatic rings. The summed E-state index contributed by atoms with van der Waals surface area (Å²) in [7, 11) is 5.90. The summed E-state index contributed by atoms with van der Waals surface area (Å²) in [6.07, 6.45) is 4.86. The third-order valence-corrected chi connectivity index (χ3v) is 4.60. The Morgan fingerprint density at radius 1 is 1.16 bits per heavy atom. The average molecular weight is 383 g/mol. The van der Waals surface area contributed by atoms with Crippen LogP contribution in [0.5, 0.6) is 0 Å². The van der Waals surface area contributed by atoms with E-state index in [2.05, 4.69) is 10.00 Å². The van der Waals surface area contributed by atoms with E-state index >= 15 is 0 Å². The third kappa shape index (κ3) is 6.34. The van der Waals surface area contributed by atoms with Crippen LogP contribution in [0.4, 0.5) is 0 Å². The van der Waals surface area contributed by atoms with Crippen molar-refractivity contribution in [3.8, 4) is 0 Å².